The molecule has 3 aromatic rings. The van der Waals surface area contributed by atoms with E-state index in [1.54, 1.807) is 30.5 Å². The zero-order valence-corrected chi connectivity index (χ0v) is 18.7. The van der Waals surface area contributed by atoms with E-state index in [2.05, 4.69) is 11.1 Å². The van der Waals surface area contributed by atoms with E-state index in [1.807, 2.05) is 35.9 Å². The largest absolute Gasteiger partial charge is 0.495 e. The van der Waals surface area contributed by atoms with Crippen LogP contribution >= 0.6 is 0 Å². The summed E-state index contributed by atoms with van der Waals surface area (Å²) in [4.78, 5) is 23.7. The Morgan fingerprint density at radius 3 is 2.70 bits per heavy atom. The van der Waals surface area contributed by atoms with E-state index in [0.717, 1.165) is 46.1 Å². The lowest BCUT2D eigenvalue weighted by Crippen LogP contribution is -2.46. The number of aliphatic imine (C=N–C) groups is 1. The van der Waals surface area contributed by atoms with Gasteiger partial charge in [-0.05, 0) is 66.8 Å². The standard InChI is InChI=1S/C26H25FN4O2/c1-17-15-30(16-29-17)23-9-3-18(14-24(23)33-2)13-20-6-10-25(32)31-22(11-12-28-26(20)31)19-4-7-21(27)8-5-19/h3-5,7-9,13-16,22H,6,10-12H2,1-2H3/b20-13+. The van der Waals surface area contributed by atoms with Crippen molar-refractivity contribution in [2.75, 3.05) is 13.7 Å². The van der Waals surface area contributed by atoms with Gasteiger partial charge in [0.1, 0.15) is 17.4 Å². The molecule has 0 saturated carbocycles. The molecule has 1 unspecified atom stereocenters. The lowest BCUT2D eigenvalue weighted by molar-refractivity contribution is -0.130. The van der Waals surface area contributed by atoms with Crippen LogP contribution in [0.2, 0.25) is 0 Å². The highest BCUT2D eigenvalue weighted by Gasteiger charge is 2.36. The van der Waals surface area contributed by atoms with Crippen molar-refractivity contribution in [1.82, 2.24) is 14.5 Å². The predicted molar refractivity (Wildman–Crippen MR) is 125 cm³/mol. The molecule has 1 atom stereocenters. The first-order valence-corrected chi connectivity index (χ1v) is 11.1. The van der Waals surface area contributed by atoms with E-state index >= 15 is 0 Å². The number of halogens is 1. The normalized spacial score (nSPS) is 19.4. The highest BCUT2D eigenvalue weighted by molar-refractivity contribution is 6.13. The highest BCUT2D eigenvalue weighted by atomic mass is 19.1. The number of nitrogens with zero attached hydrogens (tertiary/aromatic N) is 4. The number of fused-ring (bicyclic) bond motifs is 1. The molecule has 5 rings (SSSR count). The number of carbonyl (C=O) groups excluding carboxylic acids is 1. The van der Waals surface area contributed by atoms with E-state index in [1.165, 1.54) is 12.1 Å². The maximum absolute atomic E-state index is 13.4. The summed E-state index contributed by atoms with van der Waals surface area (Å²) in [6, 6.07) is 12.3. The summed E-state index contributed by atoms with van der Waals surface area (Å²) in [5, 5.41) is 0. The highest BCUT2D eigenvalue weighted by Crippen LogP contribution is 2.36. The lowest BCUT2D eigenvalue weighted by Gasteiger charge is -2.39. The first kappa shape index (κ1) is 21.1. The minimum Gasteiger partial charge on any atom is -0.495 e. The fraction of sp³-hybridized carbons (Fsp3) is 0.269. The summed E-state index contributed by atoms with van der Waals surface area (Å²) >= 11 is 0. The predicted octanol–water partition coefficient (Wildman–Crippen LogP) is 4.88. The summed E-state index contributed by atoms with van der Waals surface area (Å²) in [6.07, 6.45) is 7.58. The van der Waals surface area contributed by atoms with Gasteiger partial charge in [-0.25, -0.2) is 9.37 Å². The summed E-state index contributed by atoms with van der Waals surface area (Å²) < 4.78 is 21.0. The fourth-order valence-corrected chi connectivity index (χ4v) is 4.56. The molecule has 1 saturated heterocycles. The van der Waals surface area contributed by atoms with Crippen molar-refractivity contribution in [3.8, 4) is 11.4 Å². The Kier molecular flexibility index (Phi) is 5.54. The van der Waals surface area contributed by atoms with Crippen LogP contribution in [0.15, 0.2) is 65.6 Å². The summed E-state index contributed by atoms with van der Waals surface area (Å²) in [5.74, 6) is 1.24. The van der Waals surface area contributed by atoms with Gasteiger partial charge in [0.15, 0.2) is 0 Å². The molecule has 1 amide bonds. The second-order valence-corrected chi connectivity index (χ2v) is 8.35. The van der Waals surface area contributed by atoms with Crippen molar-refractivity contribution in [3.05, 3.63) is 83.2 Å². The maximum Gasteiger partial charge on any atom is 0.229 e. The molecule has 2 aliphatic rings. The molecule has 6 nitrogen and oxygen atoms in total. The van der Waals surface area contributed by atoms with Crippen LogP contribution in [0.5, 0.6) is 5.75 Å². The van der Waals surface area contributed by atoms with Gasteiger partial charge < -0.3 is 9.30 Å². The van der Waals surface area contributed by atoms with Gasteiger partial charge in [-0.3, -0.25) is 14.7 Å². The van der Waals surface area contributed by atoms with Crippen molar-refractivity contribution in [2.24, 2.45) is 4.99 Å². The maximum atomic E-state index is 13.4. The Labute approximate surface area is 192 Å². The molecule has 1 aromatic heterocycles. The van der Waals surface area contributed by atoms with Crippen molar-refractivity contribution >= 4 is 17.8 Å². The van der Waals surface area contributed by atoms with Gasteiger partial charge in [0, 0.05) is 19.2 Å². The third kappa shape index (κ3) is 4.06. The third-order valence-electron chi connectivity index (χ3n) is 6.16. The number of ether oxygens (including phenoxy) is 1. The summed E-state index contributed by atoms with van der Waals surface area (Å²) in [6.45, 7) is 2.57. The Morgan fingerprint density at radius 1 is 1.15 bits per heavy atom. The zero-order valence-electron chi connectivity index (χ0n) is 18.7. The molecule has 1 fully saturated rings. The van der Waals surface area contributed by atoms with E-state index in [9.17, 15) is 9.18 Å². The first-order valence-electron chi connectivity index (χ1n) is 11.1. The number of methoxy groups -OCH3 is 1. The first-order chi connectivity index (χ1) is 16.0. The molecule has 0 N–H and O–H groups in total. The van der Waals surface area contributed by atoms with Crippen LogP contribution in [0.25, 0.3) is 11.8 Å². The number of hydrogen-bond donors (Lipinski definition) is 0. The number of imidazole rings is 1. The van der Waals surface area contributed by atoms with Gasteiger partial charge in [0.2, 0.25) is 5.91 Å². The molecular formula is C26H25FN4O2. The SMILES string of the molecule is COc1cc(/C=C2\CCC(=O)N3C2=NCCC3c2ccc(F)cc2)ccc1-n1cnc(C)c1. The third-order valence-corrected chi connectivity index (χ3v) is 6.16. The van der Waals surface area contributed by atoms with Crippen LogP contribution < -0.4 is 4.74 Å². The van der Waals surface area contributed by atoms with Gasteiger partial charge in [-0.2, -0.15) is 0 Å². The van der Waals surface area contributed by atoms with Crippen molar-refractivity contribution in [2.45, 2.75) is 32.2 Å². The Morgan fingerprint density at radius 2 is 1.97 bits per heavy atom. The second-order valence-electron chi connectivity index (χ2n) is 8.35. The van der Waals surface area contributed by atoms with Gasteiger partial charge in [-0.15, -0.1) is 0 Å². The summed E-state index contributed by atoms with van der Waals surface area (Å²) in [7, 11) is 1.65. The lowest BCUT2D eigenvalue weighted by atomic mass is 9.92. The van der Waals surface area contributed by atoms with Crippen molar-refractivity contribution in [3.63, 3.8) is 0 Å². The molecule has 0 spiro atoms. The average Bonchev–Trinajstić information content (AvgIpc) is 3.27. The quantitative estimate of drug-likeness (QED) is 0.576. The number of carbonyl (C=O) groups is 1. The minimum atomic E-state index is -0.280. The smallest absolute Gasteiger partial charge is 0.229 e. The van der Waals surface area contributed by atoms with Crippen molar-refractivity contribution < 1.29 is 13.9 Å². The van der Waals surface area contributed by atoms with Gasteiger partial charge >= 0.3 is 0 Å². The second kappa shape index (κ2) is 8.65. The number of piperidine rings is 1. The molecule has 0 radical (unpaired) electrons. The van der Waals surface area contributed by atoms with E-state index in [4.69, 9.17) is 9.73 Å². The van der Waals surface area contributed by atoms with Crippen LogP contribution in [0.3, 0.4) is 0 Å². The number of aryl methyl sites for hydroxylation is 1. The Bertz CT molecular complexity index is 1260. The number of amides is 1. The van der Waals surface area contributed by atoms with Crippen LogP contribution in [-0.4, -0.2) is 39.8 Å². The topological polar surface area (TPSA) is 59.7 Å². The molecule has 2 aromatic carbocycles. The molecule has 0 bridgehead atoms. The average molecular weight is 445 g/mol. The van der Waals surface area contributed by atoms with Gasteiger partial charge in [0.25, 0.3) is 0 Å². The molecule has 3 heterocycles. The number of aromatic nitrogens is 2. The van der Waals surface area contributed by atoms with Gasteiger partial charge in [-0.1, -0.05) is 18.2 Å². The molecule has 2 aliphatic heterocycles. The van der Waals surface area contributed by atoms with Crippen LogP contribution in [0, 0.1) is 12.7 Å². The summed E-state index contributed by atoms with van der Waals surface area (Å²) in [5.41, 5.74) is 4.77. The van der Waals surface area contributed by atoms with Crippen molar-refractivity contribution in [1.29, 1.82) is 0 Å². The minimum absolute atomic E-state index is 0.0586. The number of amidine groups is 1. The fourth-order valence-electron chi connectivity index (χ4n) is 4.56. The van der Waals surface area contributed by atoms with Crippen LogP contribution in [-0.2, 0) is 4.79 Å². The molecule has 168 valence electrons. The Balaban J connectivity index is 1.48. The monoisotopic (exact) mass is 444 g/mol. The number of rotatable bonds is 4. The van der Waals surface area contributed by atoms with Crippen LogP contribution in [0.4, 0.5) is 4.39 Å². The zero-order chi connectivity index (χ0) is 22.9. The van der Waals surface area contributed by atoms with E-state index in [-0.39, 0.29) is 17.8 Å². The molecule has 7 heteroatoms. The number of benzene rings is 2. The van der Waals surface area contributed by atoms with Gasteiger partial charge in [0.05, 0.1) is 30.9 Å². The molecule has 33 heavy (non-hydrogen) atoms. The Hall–Kier alpha value is -3.74. The van der Waals surface area contributed by atoms with Crippen LogP contribution in [0.1, 0.15) is 42.1 Å². The van der Waals surface area contributed by atoms with E-state index in [0.29, 0.717) is 19.4 Å². The van der Waals surface area contributed by atoms with E-state index < -0.39 is 0 Å². The number of hydrogen-bond acceptors (Lipinski definition) is 4. The molecular weight excluding hydrogens is 419 g/mol. The molecule has 0 aliphatic carbocycles.